The van der Waals surface area contributed by atoms with Crippen molar-refractivity contribution in [1.29, 1.82) is 0 Å². The van der Waals surface area contributed by atoms with Gasteiger partial charge in [-0.2, -0.15) is 0 Å². The first-order chi connectivity index (χ1) is 33.9. The lowest BCUT2D eigenvalue weighted by Crippen LogP contribution is -2.67. The quantitative estimate of drug-likeness (QED) is 0.0534. The van der Waals surface area contributed by atoms with E-state index in [2.05, 4.69) is 4.52 Å². The molecule has 422 valence electrons. The van der Waals surface area contributed by atoms with Crippen molar-refractivity contribution in [3.05, 3.63) is 0 Å². The summed E-state index contributed by atoms with van der Waals surface area (Å²) in [5, 5.41) is 182. The zero-order valence-corrected chi connectivity index (χ0v) is 39.1. The van der Waals surface area contributed by atoms with Gasteiger partial charge in [-0.25, -0.2) is 4.57 Å². The summed E-state index contributed by atoms with van der Waals surface area (Å²) >= 11 is 0. The summed E-state index contributed by atoms with van der Waals surface area (Å²) in [7, 11) is -4.11. The molecule has 6 fully saturated rings. The fourth-order valence-electron chi connectivity index (χ4n) is 8.78. The fraction of sp³-hybridized carbons (Fsp3) is 1.00. The molecule has 33 nitrogen and oxygen atoms in total. The molecule has 72 heavy (non-hydrogen) atoms. The van der Waals surface area contributed by atoms with Crippen LogP contribution in [-0.2, 0) is 65.9 Å². The monoisotopic (exact) mass is 1080 g/mol. The fourth-order valence-corrected chi connectivity index (χ4v) is 9.12. The number of hydrogen-bond donors (Lipinski definition) is 19. The Labute approximate surface area is 407 Å². The van der Waals surface area contributed by atoms with Gasteiger partial charge in [-0.3, -0.25) is 4.52 Å². The van der Waals surface area contributed by atoms with E-state index in [1.54, 1.807) is 6.92 Å². The highest BCUT2D eigenvalue weighted by Crippen LogP contribution is 2.39. The molecule has 12 unspecified atom stereocenters. The van der Waals surface area contributed by atoms with Crippen molar-refractivity contribution in [3.8, 4) is 0 Å². The van der Waals surface area contributed by atoms with Crippen LogP contribution in [0.15, 0.2) is 0 Å². The van der Waals surface area contributed by atoms with Gasteiger partial charge in [0.05, 0.1) is 39.1 Å². The van der Waals surface area contributed by atoms with Crippen molar-refractivity contribution >= 4 is 7.82 Å². The second-order valence-corrected chi connectivity index (χ2v) is 19.1. The zero-order chi connectivity index (χ0) is 53.3. The van der Waals surface area contributed by atoms with Gasteiger partial charge in [-0.15, -0.1) is 0 Å². The van der Waals surface area contributed by atoms with Crippen LogP contribution >= 0.6 is 7.82 Å². The second-order valence-electron chi connectivity index (χ2n) is 17.9. The van der Waals surface area contributed by atoms with Gasteiger partial charge in [-0.1, -0.05) is 6.92 Å². The largest absolute Gasteiger partial charge is 0.469 e. The van der Waals surface area contributed by atoms with Gasteiger partial charge in [0.2, 0.25) is 0 Å². The van der Waals surface area contributed by atoms with E-state index < -0.39 is 225 Å². The van der Waals surface area contributed by atoms with Gasteiger partial charge in [0.25, 0.3) is 0 Å². The summed E-state index contributed by atoms with van der Waals surface area (Å²) in [5.74, 6) is 0. The Hall–Kier alpha value is -1.05. The van der Waals surface area contributed by atoms with E-state index in [-0.39, 0.29) is 6.42 Å². The Kier molecular flexibility index (Phi) is 21.4. The normalized spacial score (nSPS) is 50.7. The van der Waals surface area contributed by atoms with E-state index >= 15 is 0 Å². The van der Waals surface area contributed by atoms with Crippen molar-refractivity contribution in [2.75, 3.05) is 40.1 Å². The number of rotatable bonds is 19. The molecule has 34 heteroatoms. The first kappa shape index (κ1) is 60.2. The van der Waals surface area contributed by atoms with Crippen LogP contribution in [0.5, 0.6) is 0 Å². The number of phosphoric ester groups is 1. The predicted octanol–water partition coefficient (Wildman–Crippen LogP) is -11.9. The molecule has 0 aromatic rings. The van der Waals surface area contributed by atoms with Gasteiger partial charge in [0, 0.05) is 7.11 Å². The van der Waals surface area contributed by atoms with Crippen LogP contribution in [0.4, 0.5) is 0 Å². The molecule has 19 N–H and O–H groups in total. The lowest BCUT2D eigenvalue weighted by Gasteiger charge is -2.48. The zero-order valence-electron chi connectivity index (χ0n) is 38.2. The minimum Gasteiger partial charge on any atom is -0.394 e. The summed E-state index contributed by atoms with van der Waals surface area (Å²) in [6.07, 6.45) is -55.6. The number of aliphatic hydroxyl groups is 17. The molecule has 6 heterocycles. The van der Waals surface area contributed by atoms with E-state index in [1.807, 2.05) is 0 Å². The minimum atomic E-state index is -5.17. The Morgan fingerprint density at radius 3 is 1.22 bits per heavy atom. The van der Waals surface area contributed by atoms with Gasteiger partial charge >= 0.3 is 7.82 Å². The van der Waals surface area contributed by atoms with Crippen molar-refractivity contribution in [2.45, 2.75) is 198 Å². The Morgan fingerprint density at radius 2 is 0.736 bits per heavy atom. The number of ether oxygens (including phenoxy) is 12. The standard InChI is InChI=1S/C38H67O33P/c1-3-9-15(41)21(47)27(53)35(63-9)70-31-24(50)16(42)10(4-39)64-37(31)61-6-12-18(44)22(48)26(52)34(67-12)60-7-13-20(46)30(29(55)33(59-2)66-13)69-38-32(25(51)17(43)11(5-40)65-38)71-36-28(54)23(49)19(45)14(68-36)8-62-72(56,57)58/h9-55H,3-8H2,1-2H3,(H2,56,57,58)/t9?,10?,11?,12?,13?,14?,15-,16-,17-,18-,19-,20-,21+,22+,23+,24+,25+,26?,27?,28?,29?,30+,31?,32?,33-,34+,35+,36-,37+,38+/m1/s1. The van der Waals surface area contributed by atoms with E-state index in [4.69, 9.17) is 66.6 Å². The van der Waals surface area contributed by atoms with Crippen LogP contribution in [0.2, 0.25) is 0 Å². The van der Waals surface area contributed by atoms with E-state index in [0.717, 1.165) is 7.11 Å². The SMILES string of the molecule is CCC1O[C@@H](OC2[C@@H](OCC3O[C@H](OCC4O[C@@H](OC)C(O)[C@@H](O[C@@H]5OC(CO)[C@@H](O)[C@H](O)C5O[C@H]5OC(COP(=O)(O)O)[C@@H](O)[C@H](O)C5O)[C@@H]4O)C(O)[C@@H](O)[C@@H]3O)OC(CO)[C@@H](O)[C@@H]2O)C(O)[C@@H](O)[C@@H]1O. The molecule has 0 amide bonds. The highest BCUT2D eigenvalue weighted by atomic mass is 31.2. The second kappa shape index (κ2) is 25.6. The third kappa shape index (κ3) is 13.3. The van der Waals surface area contributed by atoms with E-state index in [0.29, 0.717) is 0 Å². The number of hydrogen-bond acceptors (Lipinski definition) is 31. The summed E-state index contributed by atoms with van der Waals surface area (Å²) < 4.78 is 83.1. The Balaban J connectivity index is 1.14. The molecule has 0 aromatic carbocycles. The molecule has 0 aromatic heterocycles. The molecule has 0 radical (unpaired) electrons. The molecule has 0 bridgehead atoms. The third-order valence-electron chi connectivity index (χ3n) is 13.1. The molecule has 0 aliphatic carbocycles. The Bertz CT molecular complexity index is 1710. The van der Waals surface area contributed by atoms with Gasteiger partial charge < -0.3 is 153 Å². The molecule has 0 saturated carbocycles. The lowest BCUT2D eigenvalue weighted by molar-refractivity contribution is -0.390. The van der Waals surface area contributed by atoms with E-state index in [9.17, 15) is 91.4 Å². The van der Waals surface area contributed by atoms with E-state index in [1.165, 1.54) is 0 Å². The highest BCUT2D eigenvalue weighted by Gasteiger charge is 2.56. The minimum absolute atomic E-state index is 0.137. The maximum atomic E-state index is 11.6. The average Bonchev–Trinajstić information content (AvgIpc) is 3.35. The van der Waals surface area contributed by atoms with Crippen LogP contribution in [0, 0.1) is 0 Å². The summed E-state index contributed by atoms with van der Waals surface area (Å²) in [5.41, 5.74) is 0. The van der Waals surface area contributed by atoms with Gasteiger partial charge in [-0.05, 0) is 6.42 Å². The summed E-state index contributed by atoms with van der Waals surface area (Å²) in [4.78, 5) is 18.3. The molecule has 0 spiro atoms. The number of aliphatic hydroxyl groups excluding tert-OH is 17. The number of phosphoric acid groups is 1. The van der Waals surface area contributed by atoms with Crippen LogP contribution in [-0.4, -0.2) is 321 Å². The number of methoxy groups -OCH3 is 1. The Morgan fingerprint density at radius 1 is 0.375 bits per heavy atom. The van der Waals surface area contributed by atoms with Gasteiger partial charge in [0.15, 0.2) is 37.7 Å². The van der Waals surface area contributed by atoms with Crippen LogP contribution < -0.4 is 0 Å². The molecule has 6 aliphatic rings. The molecule has 6 aliphatic heterocycles. The van der Waals surface area contributed by atoms with Crippen LogP contribution in [0.25, 0.3) is 0 Å². The molecular weight excluding hydrogens is 1020 g/mol. The molecule has 6 rings (SSSR count). The van der Waals surface area contributed by atoms with Crippen molar-refractivity contribution < 1.29 is 163 Å². The first-order valence-corrected chi connectivity index (χ1v) is 24.2. The predicted molar refractivity (Wildman–Crippen MR) is 218 cm³/mol. The van der Waals surface area contributed by atoms with Gasteiger partial charge in [0.1, 0.15) is 140 Å². The van der Waals surface area contributed by atoms with Crippen molar-refractivity contribution in [3.63, 3.8) is 0 Å². The van der Waals surface area contributed by atoms with Crippen LogP contribution in [0.3, 0.4) is 0 Å². The molecule has 6 saturated heterocycles. The summed E-state index contributed by atoms with van der Waals surface area (Å²) in [6.45, 7) is -2.94. The summed E-state index contributed by atoms with van der Waals surface area (Å²) in [6, 6.07) is 0. The third-order valence-corrected chi connectivity index (χ3v) is 13.5. The smallest absolute Gasteiger partial charge is 0.394 e. The maximum Gasteiger partial charge on any atom is 0.469 e. The van der Waals surface area contributed by atoms with Crippen molar-refractivity contribution in [1.82, 2.24) is 0 Å². The molecular formula is C38H67O33P. The maximum absolute atomic E-state index is 11.6. The highest BCUT2D eigenvalue weighted by molar-refractivity contribution is 7.46. The first-order valence-electron chi connectivity index (χ1n) is 22.7. The average molecular weight is 1080 g/mol. The van der Waals surface area contributed by atoms with Crippen molar-refractivity contribution in [2.24, 2.45) is 0 Å². The lowest BCUT2D eigenvalue weighted by atomic mass is 9.96. The topological polar surface area (TPSA) is 521 Å². The molecule has 30 atom stereocenters. The van der Waals surface area contributed by atoms with Crippen LogP contribution in [0.1, 0.15) is 13.3 Å².